The maximum absolute atomic E-state index is 12.2. The first-order valence-corrected chi connectivity index (χ1v) is 11.2. The van der Waals surface area contributed by atoms with Crippen molar-refractivity contribution in [1.82, 2.24) is 10.6 Å². The molecule has 29 heavy (non-hydrogen) atoms. The normalized spacial score (nSPS) is 12.3. The van der Waals surface area contributed by atoms with E-state index in [1.807, 2.05) is 32.0 Å². The van der Waals surface area contributed by atoms with E-state index in [4.69, 9.17) is 9.47 Å². The SMILES string of the molecule is CCNC(=NCc1ccc(C)cc1OCCOC)NCCS(=O)(=O)C(C)(C)C.I. The molecule has 0 amide bonds. The van der Waals surface area contributed by atoms with Crippen molar-refractivity contribution in [3.63, 3.8) is 0 Å². The first kappa shape index (κ1) is 27.9. The largest absolute Gasteiger partial charge is 0.491 e. The van der Waals surface area contributed by atoms with Crippen LogP contribution in [-0.4, -0.2) is 58.3 Å². The van der Waals surface area contributed by atoms with E-state index in [-0.39, 0.29) is 29.7 Å². The van der Waals surface area contributed by atoms with Crippen LogP contribution in [0.15, 0.2) is 23.2 Å². The highest BCUT2D eigenvalue weighted by Crippen LogP contribution is 2.21. The van der Waals surface area contributed by atoms with Crippen molar-refractivity contribution in [3.05, 3.63) is 29.3 Å². The third kappa shape index (κ3) is 9.99. The number of hydrogen-bond donors (Lipinski definition) is 2. The molecule has 1 rings (SSSR count). The molecule has 0 saturated heterocycles. The van der Waals surface area contributed by atoms with Gasteiger partial charge in [-0.15, -0.1) is 24.0 Å². The molecule has 168 valence electrons. The number of rotatable bonds is 10. The van der Waals surface area contributed by atoms with Gasteiger partial charge in [-0.2, -0.15) is 0 Å². The second-order valence-corrected chi connectivity index (χ2v) is 10.4. The Morgan fingerprint density at radius 3 is 2.45 bits per heavy atom. The van der Waals surface area contributed by atoms with Crippen LogP contribution in [0, 0.1) is 6.92 Å². The van der Waals surface area contributed by atoms with Crippen molar-refractivity contribution in [2.75, 3.05) is 39.2 Å². The van der Waals surface area contributed by atoms with Crippen molar-refractivity contribution in [2.45, 2.75) is 45.9 Å². The number of nitrogens with zero attached hydrogens (tertiary/aromatic N) is 1. The summed E-state index contributed by atoms with van der Waals surface area (Å²) in [7, 11) is -1.54. The molecule has 9 heteroatoms. The Balaban J connectivity index is 0.00000784. The van der Waals surface area contributed by atoms with Gasteiger partial charge in [0.1, 0.15) is 12.4 Å². The van der Waals surface area contributed by atoms with Crippen LogP contribution in [0.4, 0.5) is 0 Å². The summed E-state index contributed by atoms with van der Waals surface area (Å²) in [6.45, 7) is 11.5. The summed E-state index contributed by atoms with van der Waals surface area (Å²) in [6.07, 6.45) is 0. The number of aliphatic imine (C=N–C) groups is 1. The zero-order valence-electron chi connectivity index (χ0n) is 18.4. The maximum atomic E-state index is 12.2. The summed E-state index contributed by atoms with van der Waals surface area (Å²) in [4.78, 5) is 4.57. The van der Waals surface area contributed by atoms with Crippen LogP contribution in [-0.2, 0) is 21.1 Å². The Morgan fingerprint density at radius 2 is 1.86 bits per heavy atom. The van der Waals surface area contributed by atoms with E-state index in [0.717, 1.165) is 16.9 Å². The fraction of sp³-hybridized carbons (Fsp3) is 0.650. The van der Waals surface area contributed by atoms with Crippen molar-refractivity contribution in [2.24, 2.45) is 4.99 Å². The lowest BCUT2D eigenvalue weighted by Gasteiger charge is -2.20. The van der Waals surface area contributed by atoms with E-state index in [2.05, 4.69) is 15.6 Å². The number of aryl methyl sites for hydroxylation is 1. The second-order valence-electron chi connectivity index (χ2n) is 7.51. The molecule has 0 aliphatic rings. The topological polar surface area (TPSA) is 89.0 Å². The summed E-state index contributed by atoms with van der Waals surface area (Å²) in [6, 6.07) is 6.00. The molecule has 0 spiro atoms. The van der Waals surface area contributed by atoms with Gasteiger partial charge in [-0.25, -0.2) is 13.4 Å². The molecule has 0 fully saturated rings. The third-order valence-electron chi connectivity index (χ3n) is 4.12. The van der Waals surface area contributed by atoms with Crippen LogP contribution in [0.2, 0.25) is 0 Å². The van der Waals surface area contributed by atoms with Gasteiger partial charge in [0, 0.05) is 25.8 Å². The average molecular weight is 541 g/mol. The first-order chi connectivity index (χ1) is 13.1. The fourth-order valence-electron chi connectivity index (χ4n) is 2.28. The van der Waals surface area contributed by atoms with Crippen LogP contribution >= 0.6 is 24.0 Å². The zero-order chi connectivity index (χ0) is 21.2. The molecular formula is C20H36IN3O4S. The number of benzene rings is 1. The number of guanidine groups is 1. The standard InChI is InChI=1S/C20H35N3O4S.HI/c1-7-21-19(22-10-13-28(24,25)20(3,4)5)23-15-17-9-8-16(2)14-18(17)27-12-11-26-6;/h8-9,14H,7,10-13,15H2,1-6H3,(H2,21,22,23);1H. The van der Waals surface area contributed by atoms with E-state index in [0.29, 0.717) is 38.8 Å². The fourth-order valence-corrected chi connectivity index (χ4v) is 3.26. The van der Waals surface area contributed by atoms with Crippen LogP contribution in [0.1, 0.15) is 38.8 Å². The van der Waals surface area contributed by atoms with Crippen LogP contribution in [0.3, 0.4) is 0 Å². The van der Waals surface area contributed by atoms with Gasteiger partial charge in [0.25, 0.3) is 0 Å². The smallest absolute Gasteiger partial charge is 0.191 e. The van der Waals surface area contributed by atoms with E-state index < -0.39 is 14.6 Å². The van der Waals surface area contributed by atoms with Crippen LogP contribution in [0.25, 0.3) is 0 Å². The molecule has 2 N–H and O–H groups in total. The molecule has 0 aliphatic heterocycles. The van der Waals surface area contributed by atoms with Gasteiger partial charge in [0.15, 0.2) is 15.8 Å². The van der Waals surface area contributed by atoms with Gasteiger partial charge in [0.05, 0.1) is 23.7 Å². The van der Waals surface area contributed by atoms with Gasteiger partial charge in [-0.05, 0) is 46.2 Å². The van der Waals surface area contributed by atoms with E-state index in [1.165, 1.54) is 0 Å². The highest BCUT2D eigenvalue weighted by Gasteiger charge is 2.28. The van der Waals surface area contributed by atoms with Crippen LogP contribution in [0.5, 0.6) is 5.75 Å². The molecule has 0 heterocycles. The number of halogens is 1. The van der Waals surface area contributed by atoms with Crippen molar-refractivity contribution in [1.29, 1.82) is 0 Å². The quantitative estimate of drug-likeness (QED) is 0.205. The van der Waals surface area contributed by atoms with Gasteiger partial charge in [0.2, 0.25) is 0 Å². The highest BCUT2D eigenvalue weighted by atomic mass is 127. The predicted octanol–water partition coefficient (Wildman–Crippen LogP) is 2.91. The highest BCUT2D eigenvalue weighted by molar-refractivity contribution is 14.0. The van der Waals surface area contributed by atoms with E-state index >= 15 is 0 Å². The van der Waals surface area contributed by atoms with Gasteiger partial charge < -0.3 is 20.1 Å². The Morgan fingerprint density at radius 1 is 1.17 bits per heavy atom. The molecule has 0 atom stereocenters. The summed E-state index contributed by atoms with van der Waals surface area (Å²) < 4.78 is 34.6. The summed E-state index contributed by atoms with van der Waals surface area (Å²) in [5.41, 5.74) is 2.07. The molecule has 0 bridgehead atoms. The van der Waals surface area contributed by atoms with E-state index in [9.17, 15) is 8.42 Å². The van der Waals surface area contributed by atoms with Crippen molar-refractivity contribution >= 4 is 39.8 Å². The molecule has 0 unspecified atom stereocenters. The zero-order valence-corrected chi connectivity index (χ0v) is 21.5. The van der Waals surface area contributed by atoms with Crippen molar-refractivity contribution in [3.8, 4) is 5.75 Å². The minimum absolute atomic E-state index is 0. The summed E-state index contributed by atoms with van der Waals surface area (Å²) in [5.74, 6) is 1.42. The Hall–Kier alpha value is -1.07. The average Bonchev–Trinajstić information content (AvgIpc) is 2.60. The Kier molecular flexibility index (Phi) is 12.8. The van der Waals surface area contributed by atoms with Gasteiger partial charge >= 0.3 is 0 Å². The number of ether oxygens (including phenoxy) is 2. The number of nitrogens with one attached hydrogen (secondary N) is 2. The molecule has 1 aromatic rings. The number of methoxy groups -OCH3 is 1. The second kappa shape index (κ2) is 13.3. The van der Waals surface area contributed by atoms with Gasteiger partial charge in [-0.1, -0.05) is 12.1 Å². The van der Waals surface area contributed by atoms with Crippen molar-refractivity contribution < 1.29 is 17.9 Å². The molecule has 1 aromatic carbocycles. The van der Waals surface area contributed by atoms with E-state index in [1.54, 1.807) is 27.9 Å². The first-order valence-electron chi connectivity index (χ1n) is 9.56. The number of hydrogen-bond acceptors (Lipinski definition) is 5. The molecule has 0 aliphatic carbocycles. The Bertz CT molecular complexity index is 747. The predicted molar refractivity (Wildman–Crippen MR) is 130 cm³/mol. The minimum Gasteiger partial charge on any atom is -0.491 e. The lowest BCUT2D eigenvalue weighted by atomic mass is 10.1. The molecule has 7 nitrogen and oxygen atoms in total. The molecule has 0 aromatic heterocycles. The number of sulfone groups is 1. The molecular weight excluding hydrogens is 505 g/mol. The summed E-state index contributed by atoms with van der Waals surface area (Å²) >= 11 is 0. The minimum atomic E-state index is -3.18. The molecule has 0 radical (unpaired) electrons. The summed E-state index contributed by atoms with van der Waals surface area (Å²) in [5, 5.41) is 6.25. The lowest BCUT2D eigenvalue weighted by molar-refractivity contribution is 0.146. The maximum Gasteiger partial charge on any atom is 0.191 e. The Labute approximate surface area is 193 Å². The lowest BCUT2D eigenvalue weighted by Crippen LogP contribution is -2.41. The van der Waals surface area contributed by atoms with Crippen LogP contribution < -0.4 is 15.4 Å². The third-order valence-corrected chi connectivity index (χ3v) is 6.72. The monoisotopic (exact) mass is 541 g/mol. The van der Waals surface area contributed by atoms with Gasteiger partial charge in [-0.3, -0.25) is 0 Å². The molecule has 0 saturated carbocycles.